The third-order valence-electron chi connectivity index (χ3n) is 3.62. The number of rotatable bonds is 6. The van der Waals surface area contributed by atoms with Crippen LogP contribution in [0.5, 0.6) is 0 Å². The van der Waals surface area contributed by atoms with Crippen LogP contribution in [0.1, 0.15) is 5.56 Å². The molecule has 0 fully saturated rings. The van der Waals surface area contributed by atoms with Gasteiger partial charge in [-0.2, -0.15) is 0 Å². The lowest BCUT2D eigenvalue weighted by atomic mass is 10.1. The molecule has 10 heteroatoms. The molecule has 2 aromatic heterocycles. The number of nitrogens with zero attached hydrogens (tertiary/aromatic N) is 4. The van der Waals surface area contributed by atoms with E-state index in [9.17, 15) is 14.9 Å². The van der Waals surface area contributed by atoms with E-state index >= 15 is 0 Å². The molecule has 0 radical (unpaired) electrons. The van der Waals surface area contributed by atoms with Gasteiger partial charge in [0.05, 0.1) is 15.6 Å². The zero-order chi connectivity index (χ0) is 18.7. The molecule has 1 aromatic carbocycles. The number of benzene rings is 1. The Morgan fingerprint density at radius 1 is 1.35 bits per heavy atom. The molecular formula is C16H15N5O3S2. The number of aromatic nitrogens is 3. The van der Waals surface area contributed by atoms with Gasteiger partial charge in [-0.15, -0.1) is 21.5 Å². The van der Waals surface area contributed by atoms with E-state index in [1.807, 2.05) is 29.1 Å². The van der Waals surface area contributed by atoms with Gasteiger partial charge in [0.2, 0.25) is 5.91 Å². The minimum atomic E-state index is -0.508. The standard InChI is InChI=1S/C16H15N5O3S2/c1-10-5-3-6-11(21(23)24)14(10)17-13(22)9-26-16-19-18-15(20(16)2)12-7-4-8-25-12/h3-8H,9H2,1-2H3,(H,17,22). The summed E-state index contributed by atoms with van der Waals surface area (Å²) in [5.41, 5.74) is 0.735. The number of aryl methyl sites for hydroxylation is 1. The highest BCUT2D eigenvalue weighted by atomic mass is 32.2. The first-order valence-corrected chi connectivity index (χ1v) is 9.44. The van der Waals surface area contributed by atoms with E-state index < -0.39 is 4.92 Å². The first-order chi connectivity index (χ1) is 12.5. The van der Waals surface area contributed by atoms with Crippen LogP contribution in [0, 0.1) is 17.0 Å². The fourth-order valence-corrected chi connectivity index (χ4v) is 3.79. The lowest BCUT2D eigenvalue weighted by Crippen LogP contribution is -2.16. The number of amides is 1. The monoisotopic (exact) mass is 389 g/mol. The maximum absolute atomic E-state index is 12.2. The van der Waals surface area contributed by atoms with Crippen LogP contribution in [0.3, 0.4) is 0 Å². The Hall–Kier alpha value is -2.72. The molecule has 0 unspecified atom stereocenters. The Bertz CT molecular complexity index is 953. The van der Waals surface area contributed by atoms with E-state index in [-0.39, 0.29) is 23.0 Å². The number of anilines is 1. The Morgan fingerprint density at radius 3 is 2.85 bits per heavy atom. The Balaban J connectivity index is 1.68. The van der Waals surface area contributed by atoms with Crippen molar-refractivity contribution in [1.82, 2.24) is 14.8 Å². The van der Waals surface area contributed by atoms with E-state index in [1.165, 1.54) is 17.8 Å². The van der Waals surface area contributed by atoms with Crippen molar-refractivity contribution < 1.29 is 9.72 Å². The summed E-state index contributed by atoms with van der Waals surface area (Å²) in [6.45, 7) is 1.71. The van der Waals surface area contributed by atoms with Crippen molar-refractivity contribution in [3.63, 3.8) is 0 Å². The van der Waals surface area contributed by atoms with Gasteiger partial charge in [0.15, 0.2) is 11.0 Å². The molecule has 0 atom stereocenters. The zero-order valence-electron chi connectivity index (χ0n) is 14.0. The Kier molecular flexibility index (Phi) is 5.33. The molecule has 3 rings (SSSR count). The van der Waals surface area contributed by atoms with Crippen LogP contribution in [0.2, 0.25) is 0 Å². The zero-order valence-corrected chi connectivity index (χ0v) is 15.6. The normalized spacial score (nSPS) is 10.7. The van der Waals surface area contributed by atoms with Crippen LogP contribution in [0.25, 0.3) is 10.7 Å². The summed E-state index contributed by atoms with van der Waals surface area (Å²) in [5, 5.41) is 24.6. The van der Waals surface area contributed by atoms with Crippen molar-refractivity contribution in [2.45, 2.75) is 12.1 Å². The molecule has 0 aliphatic carbocycles. The fourth-order valence-electron chi connectivity index (χ4n) is 2.33. The quantitative estimate of drug-likeness (QED) is 0.393. The molecule has 2 heterocycles. The molecule has 3 aromatic rings. The van der Waals surface area contributed by atoms with Gasteiger partial charge in [-0.3, -0.25) is 14.9 Å². The summed E-state index contributed by atoms with van der Waals surface area (Å²) < 4.78 is 1.82. The SMILES string of the molecule is Cc1cccc([N+](=O)[O-])c1NC(=O)CSc1nnc(-c2cccs2)n1C. The molecular weight excluding hydrogens is 374 g/mol. The van der Waals surface area contributed by atoms with E-state index in [0.717, 1.165) is 10.7 Å². The van der Waals surface area contributed by atoms with Gasteiger partial charge >= 0.3 is 0 Å². The number of hydrogen-bond acceptors (Lipinski definition) is 7. The molecule has 0 saturated heterocycles. The number of nitrogens with one attached hydrogen (secondary N) is 1. The van der Waals surface area contributed by atoms with Crippen LogP contribution in [0.15, 0.2) is 40.9 Å². The van der Waals surface area contributed by atoms with Crippen molar-refractivity contribution >= 4 is 40.4 Å². The molecule has 8 nitrogen and oxygen atoms in total. The number of hydrogen-bond donors (Lipinski definition) is 1. The number of para-hydroxylation sites is 1. The number of nitro groups is 1. The van der Waals surface area contributed by atoms with Crippen LogP contribution in [-0.2, 0) is 11.8 Å². The molecule has 0 saturated carbocycles. The Labute approximate surface area is 157 Å². The van der Waals surface area contributed by atoms with E-state index in [0.29, 0.717) is 10.7 Å². The maximum Gasteiger partial charge on any atom is 0.293 e. The van der Waals surface area contributed by atoms with Gasteiger partial charge in [-0.05, 0) is 23.9 Å². The summed E-state index contributed by atoms with van der Waals surface area (Å²) in [7, 11) is 1.83. The van der Waals surface area contributed by atoms with Crippen LogP contribution >= 0.6 is 23.1 Å². The van der Waals surface area contributed by atoms with Crippen molar-refractivity contribution in [3.8, 4) is 10.7 Å². The van der Waals surface area contributed by atoms with Crippen molar-refractivity contribution in [2.75, 3.05) is 11.1 Å². The third-order valence-corrected chi connectivity index (χ3v) is 5.51. The number of carbonyl (C=O) groups excluding carboxylic acids is 1. The van der Waals surface area contributed by atoms with Crippen molar-refractivity contribution in [1.29, 1.82) is 0 Å². The predicted molar refractivity (Wildman–Crippen MR) is 102 cm³/mol. The average Bonchev–Trinajstić information content (AvgIpc) is 3.24. The molecule has 26 heavy (non-hydrogen) atoms. The Morgan fingerprint density at radius 2 is 2.15 bits per heavy atom. The third kappa shape index (κ3) is 3.75. The second kappa shape index (κ2) is 7.67. The smallest absolute Gasteiger partial charge is 0.293 e. The largest absolute Gasteiger partial charge is 0.319 e. The van der Waals surface area contributed by atoms with Crippen molar-refractivity contribution in [2.24, 2.45) is 7.05 Å². The summed E-state index contributed by atoms with van der Waals surface area (Å²) in [6.07, 6.45) is 0. The number of carbonyl (C=O) groups is 1. The minimum Gasteiger partial charge on any atom is -0.319 e. The number of thioether (sulfide) groups is 1. The summed E-state index contributed by atoms with van der Waals surface area (Å²) >= 11 is 2.78. The van der Waals surface area contributed by atoms with Crippen LogP contribution in [-0.4, -0.2) is 31.3 Å². The summed E-state index contributed by atoms with van der Waals surface area (Å²) in [4.78, 5) is 23.9. The highest BCUT2D eigenvalue weighted by Gasteiger charge is 2.19. The number of nitro benzene ring substituents is 1. The molecule has 0 aliphatic heterocycles. The van der Waals surface area contributed by atoms with Gasteiger partial charge < -0.3 is 9.88 Å². The molecule has 134 valence electrons. The molecule has 1 N–H and O–H groups in total. The second-order valence-corrected chi connectivity index (χ2v) is 7.30. The average molecular weight is 389 g/mol. The van der Waals surface area contributed by atoms with Crippen LogP contribution in [0.4, 0.5) is 11.4 Å². The first kappa shape index (κ1) is 18.1. The van der Waals surface area contributed by atoms with Gasteiger partial charge in [0.1, 0.15) is 5.69 Å². The van der Waals surface area contributed by atoms with Gasteiger partial charge in [-0.1, -0.05) is 30.0 Å². The molecule has 0 bridgehead atoms. The first-order valence-electron chi connectivity index (χ1n) is 7.57. The fraction of sp³-hybridized carbons (Fsp3) is 0.188. The van der Waals surface area contributed by atoms with Gasteiger partial charge in [0, 0.05) is 13.1 Å². The van der Waals surface area contributed by atoms with Gasteiger partial charge in [-0.25, -0.2) is 0 Å². The highest BCUT2D eigenvalue weighted by molar-refractivity contribution is 7.99. The summed E-state index contributed by atoms with van der Waals surface area (Å²) in [5.74, 6) is 0.465. The van der Waals surface area contributed by atoms with Gasteiger partial charge in [0.25, 0.3) is 5.69 Å². The molecule has 0 spiro atoms. The minimum absolute atomic E-state index is 0.0713. The van der Waals surface area contributed by atoms with E-state index in [1.54, 1.807) is 30.4 Å². The maximum atomic E-state index is 12.2. The molecule has 0 aliphatic rings. The van der Waals surface area contributed by atoms with E-state index in [4.69, 9.17) is 0 Å². The van der Waals surface area contributed by atoms with Crippen LogP contribution < -0.4 is 5.32 Å². The van der Waals surface area contributed by atoms with E-state index in [2.05, 4.69) is 15.5 Å². The predicted octanol–water partition coefficient (Wildman–Crippen LogP) is 3.49. The second-order valence-electron chi connectivity index (χ2n) is 5.41. The lowest BCUT2D eigenvalue weighted by molar-refractivity contribution is -0.384. The highest BCUT2D eigenvalue weighted by Crippen LogP contribution is 2.29. The number of thiophene rings is 1. The van der Waals surface area contributed by atoms with Crippen molar-refractivity contribution in [3.05, 3.63) is 51.4 Å². The molecule has 1 amide bonds. The lowest BCUT2D eigenvalue weighted by Gasteiger charge is -2.08. The summed E-state index contributed by atoms with van der Waals surface area (Å²) in [6, 6.07) is 8.55. The topological polar surface area (TPSA) is 103 Å².